The van der Waals surface area contributed by atoms with E-state index >= 15 is 0 Å². The molecule has 0 aliphatic rings. The lowest BCUT2D eigenvalue weighted by molar-refractivity contribution is -0.140. The van der Waals surface area contributed by atoms with E-state index in [-0.39, 0.29) is 0 Å². The normalized spacial score (nSPS) is 11.2. The molecule has 0 bridgehead atoms. The zero-order valence-electron chi connectivity index (χ0n) is 15.5. The summed E-state index contributed by atoms with van der Waals surface area (Å²) in [5, 5.41) is 0. The van der Waals surface area contributed by atoms with Crippen LogP contribution in [0.1, 0.15) is 33.4 Å². The fourth-order valence-corrected chi connectivity index (χ4v) is 2.83. The SMILES string of the molecule is Cc1cc(C)cc(C=CC(=O)C(=O)C(=O)C=Cc2cc(C)cc(C)c2)c1. The van der Waals surface area contributed by atoms with Gasteiger partial charge in [-0.3, -0.25) is 14.4 Å². The van der Waals surface area contributed by atoms with Gasteiger partial charge in [0.2, 0.25) is 11.6 Å². The summed E-state index contributed by atoms with van der Waals surface area (Å²) in [5.41, 5.74) is 5.90. The van der Waals surface area contributed by atoms with Gasteiger partial charge in [-0.25, -0.2) is 0 Å². The van der Waals surface area contributed by atoms with Crippen molar-refractivity contribution in [2.75, 3.05) is 0 Å². The molecule has 3 nitrogen and oxygen atoms in total. The first-order valence-electron chi connectivity index (χ1n) is 8.40. The van der Waals surface area contributed by atoms with E-state index in [9.17, 15) is 14.4 Å². The Morgan fingerprint density at radius 2 is 0.885 bits per heavy atom. The largest absolute Gasteiger partial charge is 0.285 e. The minimum absolute atomic E-state index is 0.820. The minimum atomic E-state index is -1.04. The number of allylic oxidation sites excluding steroid dienone is 2. The Morgan fingerprint density at radius 1 is 0.577 bits per heavy atom. The third-order valence-corrected chi connectivity index (χ3v) is 3.79. The molecular formula is C23H22O3. The fourth-order valence-electron chi connectivity index (χ4n) is 2.83. The number of carbonyl (C=O) groups is 3. The predicted octanol–water partition coefficient (Wildman–Crippen LogP) is 4.35. The number of hydrogen-bond acceptors (Lipinski definition) is 3. The first-order chi connectivity index (χ1) is 12.2. The number of Topliss-reactive ketones (excluding diaryl/α,β-unsaturated/α-hetero) is 1. The van der Waals surface area contributed by atoms with E-state index in [4.69, 9.17) is 0 Å². The molecule has 2 aromatic carbocycles. The van der Waals surface area contributed by atoms with Crippen molar-refractivity contribution < 1.29 is 14.4 Å². The molecule has 0 aliphatic carbocycles. The molecule has 0 radical (unpaired) electrons. The third-order valence-electron chi connectivity index (χ3n) is 3.79. The smallest absolute Gasteiger partial charge is 0.272 e. The molecule has 0 aromatic heterocycles. The van der Waals surface area contributed by atoms with E-state index in [0.29, 0.717) is 0 Å². The summed E-state index contributed by atoms with van der Waals surface area (Å²) in [6.07, 6.45) is 5.42. The molecule has 0 N–H and O–H groups in total. The van der Waals surface area contributed by atoms with Gasteiger partial charge in [-0.15, -0.1) is 0 Å². The van der Waals surface area contributed by atoms with Crippen LogP contribution >= 0.6 is 0 Å². The quantitative estimate of drug-likeness (QED) is 0.444. The maximum Gasteiger partial charge on any atom is 0.272 e. The predicted molar refractivity (Wildman–Crippen MR) is 105 cm³/mol. The lowest BCUT2D eigenvalue weighted by Gasteiger charge is -2.00. The molecule has 2 rings (SSSR count). The summed E-state index contributed by atoms with van der Waals surface area (Å²) in [6, 6.07) is 11.7. The molecular weight excluding hydrogens is 324 g/mol. The van der Waals surface area contributed by atoms with Gasteiger partial charge < -0.3 is 0 Å². The van der Waals surface area contributed by atoms with E-state index in [1.54, 1.807) is 12.2 Å². The molecule has 2 aromatic rings. The van der Waals surface area contributed by atoms with Crippen LogP contribution in [0.25, 0.3) is 12.2 Å². The van der Waals surface area contributed by atoms with Gasteiger partial charge in [0.25, 0.3) is 5.78 Å². The van der Waals surface area contributed by atoms with Crippen molar-refractivity contribution in [3.63, 3.8) is 0 Å². The number of carbonyl (C=O) groups excluding carboxylic acids is 3. The highest BCUT2D eigenvalue weighted by molar-refractivity contribution is 6.68. The highest BCUT2D eigenvalue weighted by Gasteiger charge is 2.17. The first kappa shape index (κ1) is 19.3. The van der Waals surface area contributed by atoms with Crippen molar-refractivity contribution in [2.45, 2.75) is 27.7 Å². The summed E-state index contributed by atoms with van der Waals surface area (Å²) in [5.74, 6) is -2.68. The Kier molecular flexibility index (Phi) is 6.18. The molecule has 0 saturated carbocycles. The molecule has 0 spiro atoms. The van der Waals surface area contributed by atoms with Gasteiger partial charge in [0.15, 0.2) is 0 Å². The Labute approximate surface area is 154 Å². The molecule has 0 atom stereocenters. The van der Waals surface area contributed by atoms with Crippen molar-refractivity contribution in [1.29, 1.82) is 0 Å². The van der Waals surface area contributed by atoms with E-state index < -0.39 is 17.3 Å². The Hall–Kier alpha value is -3.07. The fraction of sp³-hybridized carbons (Fsp3) is 0.174. The van der Waals surface area contributed by atoms with Crippen LogP contribution in [0.5, 0.6) is 0 Å². The van der Waals surface area contributed by atoms with Gasteiger partial charge in [0.1, 0.15) is 0 Å². The Bertz CT molecular complexity index is 814. The summed E-state index contributed by atoms with van der Waals surface area (Å²) >= 11 is 0. The standard InChI is InChI=1S/C23H22O3/c1-15-9-16(2)12-19(11-15)5-7-21(24)23(26)22(25)8-6-20-13-17(3)10-18(4)14-20/h5-14H,1-4H3. The van der Waals surface area contributed by atoms with Crippen LogP contribution in [0.3, 0.4) is 0 Å². The second-order valence-corrected chi connectivity index (χ2v) is 6.57. The monoisotopic (exact) mass is 346 g/mol. The molecule has 0 fully saturated rings. The highest BCUT2D eigenvalue weighted by Crippen LogP contribution is 2.11. The van der Waals surface area contributed by atoms with Gasteiger partial charge in [0, 0.05) is 0 Å². The lowest BCUT2D eigenvalue weighted by atomic mass is 10.0. The average molecular weight is 346 g/mol. The van der Waals surface area contributed by atoms with Gasteiger partial charge in [-0.2, -0.15) is 0 Å². The Morgan fingerprint density at radius 3 is 1.19 bits per heavy atom. The van der Waals surface area contributed by atoms with Crippen LogP contribution < -0.4 is 0 Å². The molecule has 0 aliphatic heterocycles. The van der Waals surface area contributed by atoms with E-state index in [2.05, 4.69) is 0 Å². The second-order valence-electron chi connectivity index (χ2n) is 6.57. The van der Waals surface area contributed by atoms with Crippen LogP contribution in [-0.4, -0.2) is 17.3 Å². The number of rotatable bonds is 6. The number of hydrogen-bond donors (Lipinski definition) is 0. The topological polar surface area (TPSA) is 51.2 Å². The summed E-state index contributed by atoms with van der Waals surface area (Å²) < 4.78 is 0. The zero-order chi connectivity index (χ0) is 19.3. The number of benzene rings is 2. The maximum atomic E-state index is 12.0. The molecule has 0 amide bonds. The number of ketones is 3. The van der Waals surface area contributed by atoms with E-state index in [1.807, 2.05) is 64.1 Å². The summed E-state index contributed by atoms with van der Waals surface area (Å²) in [4.78, 5) is 35.9. The first-order valence-corrected chi connectivity index (χ1v) is 8.40. The zero-order valence-corrected chi connectivity index (χ0v) is 15.5. The van der Waals surface area contributed by atoms with Crippen molar-refractivity contribution in [2.24, 2.45) is 0 Å². The molecule has 0 unspecified atom stereocenters. The average Bonchev–Trinajstić information content (AvgIpc) is 2.55. The summed E-state index contributed by atoms with van der Waals surface area (Å²) in [7, 11) is 0. The molecule has 26 heavy (non-hydrogen) atoms. The van der Waals surface area contributed by atoms with Crippen molar-refractivity contribution >= 4 is 29.5 Å². The van der Waals surface area contributed by atoms with Crippen LogP contribution in [-0.2, 0) is 14.4 Å². The Balaban J connectivity index is 2.07. The molecule has 132 valence electrons. The third kappa shape index (κ3) is 5.49. The van der Waals surface area contributed by atoms with Crippen molar-refractivity contribution in [3.05, 3.63) is 81.9 Å². The van der Waals surface area contributed by atoms with Crippen molar-refractivity contribution in [3.8, 4) is 0 Å². The molecule has 0 heterocycles. The van der Waals surface area contributed by atoms with Gasteiger partial charge >= 0.3 is 0 Å². The molecule has 0 saturated heterocycles. The van der Waals surface area contributed by atoms with E-state index in [1.165, 1.54) is 0 Å². The lowest BCUT2D eigenvalue weighted by Crippen LogP contribution is -2.20. The van der Waals surface area contributed by atoms with Crippen LogP contribution in [0.4, 0.5) is 0 Å². The van der Waals surface area contributed by atoms with Crippen LogP contribution in [0, 0.1) is 27.7 Å². The summed E-state index contributed by atoms with van der Waals surface area (Å²) in [6.45, 7) is 7.83. The van der Waals surface area contributed by atoms with Gasteiger partial charge in [0.05, 0.1) is 0 Å². The number of aryl methyl sites for hydroxylation is 4. The maximum absolute atomic E-state index is 12.0. The van der Waals surface area contributed by atoms with Gasteiger partial charge in [-0.05, 0) is 51.0 Å². The minimum Gasteiger partial charge on any atom is -0.285 e. The second kappa shape index (κ2) is 8.34. The highest BCUT2D eigenvalue weighted by atomic mass is 16.2. The van der Waals surface area contributed by atoms with Gasteiger partial charge in [-0.1, -0.05) is 70.8 Å². The van der Waals surface area contributed by atoms with E-state index in [0.717, 1.165) is 45.5 Å². The van der Waals surface area contributed by atoms with Crippen LogP contribution in [0.15, 0.2) is 48.6 Å². The molecule has 3 heteroatoms. The van der Waals surface area contributed by atoms with Crippen molar-refractivity contribution in [1.82, 2.24) is 0 Å². The van der Waals surface area contributed by atoms with Crippen LogP contribution in [0.2, 0.25) is 0 Å².